The van der Waals surface area contributed by atoms with Crippen LogP contribution in [0, 0.1) is 0 Å². The normalized spacial score (nSPS) is 12.6. The van der Waals surface area contributed by atoms with Gasteiger partial charge in [-0.25, -0.2) is 0 Å². The van der Waals surface area contributed by atoms with E-state index in [0.29, 0.717) is 21.5 Å². The Labute approximate surface area is 237 Å². The van der Waals surface area contributed by atoms with E-state index >= 15 is 0 Å². The standard InChI is InChI=1S/C28H18N2O10S2/c31-25-21-22(26(32)29(25)39-41(35,36)19-13-5-9-15-7-1-3-11-17(15)19)24-23(21)27(33)30(28(24)34)40-42(37,38)20-14-6-10-16-8-2-4-12-18(16)20/h1-14,31-34H. The van der Waals surface area contributed by atoms with Crippen LogP contribution in [-0.4, -0.2) is 46.7 Å². The van der Waals surface area contributed by atoms with Gasteiger partial charge in [-0.2, -0.15) is 16.8 Å². The molecule has 12 nitrogen and oxygen atoms in total. The molecule has 42 heavy (non-hydrogen) atoms. The molecule has 2 aromatic heterocycles. The van der Waals surface area contributed by atoms with E-state index in [4.69, 9.17) is 8.57 Å². The van der Waals surface area contributed by atoms with E-state index in [1.807, 2.05) is 0 Å². The third kappa shape index (κ3) is 3.45. The van der Waals surface area contributed by atoms with Gasteiger partial charge in [-0.05, 0) is 22.9 Å². The highest BCUT2D eigenvalue weighted by Gasteiger charge is 2.46. The Morgan fingerprint density at radius 3 is 1.12 bits per heavy atom. The van der Waals surface area contributed by atoms with E-state index in [1.54, 1.807) is 60.7 Å². The molecule has 0 aliphatic heterocycles. The van der Waals surface area contributed by atoms with Crippen LogP contribution >= 0.6 is 0 Å². The van der Waals surface area contributed by atoms with Crippen LogP contribution in [0.4, 0.5) is 0 Å². The molecule has 6 aromatic rings. The number of benzene rings is 4. The van der Waals surface area contributed by atoms with Crippen molar-refractivity contribution in [3.63, 3.8) is 0 Å². The lowest BCUT2D eigenvalue weighted by molar-refractivity contribution is 0.201. The Hall–Kier alpha value is -5.34. The summed E-state index contributed by atoms with van der Waals surface area (Å²) in [5.74, 6) is -3.71. The molecule has 212 valence electrons. The molecule has 0 saturated heterocycles. The van der Waals surface area contributed by atoms with E-state index in [0.717, 1.165) is 0 Å². The summed E-state index contributed by atoms with van der Waals surface area (Å²) in [6.07, 6.45) is 0. The zero-order chi connectivity index (χ0) is 29.6. The lowest BCUT2D eigenvalue weighted by Gasteiger charge is -2.13. The Bertz CT molecular complexity index is 2100. The maximum absolute atomic E-state index is 13.2. The van der Waals surface area contributed by atoms with Gasteiger partial charge >= 0.3 is 20.2 Å². The molecule has 0 amide bonds. The number of nitrogens with zero attached hydrogens (tertiary/aromatic N) is 2. The minimum atomic E-state index is -4.62. The number of hydrogen-bond acceptors (Lipinski definition) is 10. The summed E-state index contributed by atoms with van der Waals surface area (Å²) >= 11 is 0. The van der Waals surface area contributed by atoms with E-state index < -0.39 is 43.8 Å². The number of aromatic nitrogens is 2. The maximum atomic E-state index is 13.2. The number of hydrogen-bond donors (Lipinski definition) is 4. The molecule has 7 rings (SSSR count). The van der Waals surface area contributed by atoms with Gasteiger partial charge in [0.2, 0.25) is 23.5 Å². The first-order chi connectivity index (χ1) is 20.0. The summed E-state index contributed by atoms with van der Waals surface area (Å²) in [5.41, 5.74) is -1.19. The molecular weight excluding hydrogens is 588 g/mol. The molecule has 4 aromatic carbocycles. The van der Waals surface area contributed by atoms with Crippen molar-refractivity contribution in [2.75, 3.05) is 0 Å². The van der Waals surface area contributed by atoms with Crippen LogP contribution in [0.25, 0.3) is 43.8 Å². The second kappa shape index (κ2) is 8.58. The highest BCUT2D eigenvalue weighted by atomic mass is 32.2. The minimum absolute atomic E-state index is 0.235. The van der Waals surface area contributed by atoms with Gasteiger partial charge in [-0.1, -0.05) is 82.3 Å². The lowest BCUT2D eigenvalue weighted by Crippen LogP contribution is -2.20. The molecule has 0 unspecified atom stereocenters. The van der Waals surface area contributed by atoms with Crippen LogP contribution in [-0.2, 0) is 20.2 Å². The van der Waals surface area contributed by atoms with Crippen molar-refractivity contribution < 1.29 is 45.8 Å². The highest BCUT2D eigenvalue weighted by molar-refractivity contribution is 7.87. The van der Waals surface area contributed by atoms with Gasteiger partial charge in [0, 0.05) is 10.8 Å². The first kappa shape index (κ1) is 25.6. The fourth-order valence-corrected chi connectivity index (χ4v) is 7.42. The predicted octanol–water partition coefficient (Wildman–Crippen LogP) is 3.70. The highest BCUT2D eigenvalue weighted by Crippen LogP contribution is 2.64. The van der Waals surface area contributed by atoms with Crippen LogP contribution < -0.4 is 8.57 Å². The lowest BCUT2D eigenvalue weighted by atomic mass is 9.86. The molecule has 0 saturated carbocycles. The molecule has 14 heteroatoms. The smallest absolute Gasteiger partial charge is 0.357 e. The molecule has 1 aliphatic carbocycles. The van der Waals surface area contributed by atoms with Gasteiger partial charge in [0.25, 0.3) is 0 Å². The maximum Gasteiger partial charge on any atom is 0.357 e. The van der Waals surface area contributed by atoms with Crippen molar-refractivity contribution in [1.82, 2.24) is 9.46 Å². The summed E-state index contributed by atoms with van der Waals surface area (Å²) in [4.78, 5) is -0.476. The first-order valence-corrected chi connectivity index (χ1v) is 15.0. The molecule has 0 spiro atoms. The SMILES string of the molecule is O=S(=O)(On1c(O)c2c(c1O)-c1c-2c(O)n(OS(=O)(=O)c2cccc3ccccc23)c1O)c1cccc2ccccc12. The second-order valence-electron chi connectivity index (χ2n) is 9.40. The predicted molar refractivity (Wildman–Crippen MR) is 149 cm³/mol. The van der Waals surface area contributed by atoms with Crippen LogP contribution in [0.3, 0.4) is 0 Å². The zero-order valence-electron chi connectivity index (χ0n) is 21.0. The van der Waals surface area contributed by atoms with Gasteiger partial charge in [-0.15, -0.1) is 0 Å². The van der Waals surface area contributed by atoms with Crippen LogP contribution in [0.1, 0.15) is 0 Å². The second-order valence-corrected chi connectivity index (χ2v) is 12.4. The quantitative estimate of drug-likeness (QED) is 0.218. The Morgan fingerprint density at radius 1 is 0.452 bits per heavy atom. The molecular formula is C28H18N2O10S2. The van der Waals surface area contributed by atoms with Gasteiger partial charge < -0.3 is 20.4 Å². The van der Waals surface area contributed by atoms with Gasteiger partial charge in [-0.3, -0.25) is 8.57 Å². The molecule has 4 N–H and O–H groups in total. The minimum Gasteiger partial charge on any atom is -0.492 e. The van der Waals surface area contributed by atoms with Crippen molar-refractivity contribution >= 4 is 41.8 Å². The van der Waals surface area contributed by atoms with Crippen LogP contribution in [0.2, 0.25) is 0 Å². The third-order valence-electron chi connectivity index (χ3n) is 7.05. The van der Waals surface area contributed by atoms with Crippen molar-refractivity contribution in [2.45, 2.75) is 9.79 Å². The van der Waals surface area contributed by atoms with E-state index in [2.05, 4.69) is 0 Å². The largest absolute Gasteiger partial charge is 0.492 e. The topological polar surface area (TPSA) is 178 Å². The molecule has 2 heterocycles. The van der Waals surface area contributed by atoms with Gasteiger partial charge in [0.05, 0.1) is 22.3 Å². The molecule has 0 atom stereocenters. The van der Waals surface area contributed by atoms with Gasteiger partial charge in [0.15, 0.2) is 0 Å². The Kier molecular flexibility index (Phi) is 5.23. The van der Waals surface area contributed by atoms with Gasteiger partial charge in [0.1, 0.15) is 9.79 Å². The summed E-state index contributed by atoms with van der Waals surface area (Å²) in [6, 6.07) is 22.2. The van der Waals surface area contributed by atoms with E-state index in [9.17, 15) is 37.3 Å². The number of aromatic hydroxyl groups is 4. The van der Waals surface area contributed by atoms with Crippen molar-refractivity contribution in [2.24, 2.45) is 0 Å². The molecule has 0 radical (unpaired) electrons. The Morgan fingerprint density at radius 2 is 0.762 bits per heavy atom. The average molecular weight is 607 g/mol. The summed E-state index contributed by atoms with van der Waals surface area (Å²) in [6.45, 7) is 0. The van der Waals surface area contributed by atoms with Crippen LogP contribution in [0.5, 0.6) is 23.5 Å². The van der Waals surface area contributed by atoms with Crippen molar-refractivity contribution in [1.29, 1.82) is 0 Å². The van der Waals surface area contributed by atoms with E-state index in [-0.39, 0.29) is 41.5 Å². The summed E-state index contributed by atoms with van der Waals surface area (Å²) in [7, 11) is -9.25. The number of rotatable bonds is 6. The summed E-state index contributed by atoms with van der Waals surface area (Å²) in [5, 5.41) is 45.2. The third-order valence-corrected chi connectivity index (χ3v) is 9.53. The fraction of sp³-hybridized carbons (Fsp3) is 0. The molecule has 1 aliphatic rings. The van der Waals surface area contributed by atoms with E-state index in [1.165, 1.54) is 24.3 Å². The zero-order valence-corrected chi connectivity index (χ0v) is 22.7. The molecule has 0 bridgehead atoms. The average Bonchev–Trinajstić information content (AvgIpc) is 3.27. The summed E-state index contributed by atoms with van der Waals surface area (Å²) < 4.78 is 63.4. The number of fused-ring (bicyclic) bond motifs is 6. The van der Waals surface area contributed by atoms with Crippen molar-refractivity contribution in [3.05, 3.63) is 84.9 Å². The first-order valence-electron chi connectivity index (χ1n) is 12.2. The molecule has 0 fully saturated rings. The van der Waals surface area contributed by atoms with Crippen LogP contribution in [0.15, 0.2) is 94.7 Å². The Balaban J connectivity index is 1.27. The monoisotopic (exact) mass is 606 g/mol. The fourth-order valence-electron chi connectivity index (χ4n) is 5.18. The van der Waals surface area contributed by atoms with Crippen molar-refractivity contribution in [3.8, 4) is 45.8 Å².